The number of aromatic nitrogens is 1. The van der Waals surface area contributed by atoms with Crippen molar-refractivity contribution in [1.29, 1.82) is 0 Å². The second kappa shape index (κ2) is 6.73. The molecule has 0 aromatic carbocycles. The number of carbonyl (C=O) groups is 1. The van der Waals surface area contributed by atoms with Crippen molar-refractivity contribution < 1.29 is 9.53 Å². The van der Waals surface area contributed by atoms with Gasteiger partial charge in [-0.2, -0.15) is 0 Å². The molecule has 0 aliphatic carbocycles. The maximum Gasteiger partial charge on any atom is 0.410 e. The lowest BCUT2D eigenvalue weighted by Gasteiger charge is -2.38. The molecule has 5 nitrogen and oxygen atoms in total. The summed E-state index contributed by atoms with van der Waals surface area (Å²) in [6.07, 6.45) is 5.93. The van der Waals surface area contributed by atoms with Crippen LogP contribution in [0, 0.1) is 0 Å². The van der Waals surface area contributed by atoms with E-state index in [0.29, 0.717) is 6.04 Å². The quantitative estimate of drug-likeness (QED) is 0.934. The lowest BCUT2D eigenvalue weighted by atomic mass is 9.98. The second-order valence-electron chi connectivity index (χ2n) is 7.31. The van der Waals surface area contributed by atoms with Gasteiger partial charge in [0.15, 0.2) is 0 Å². The average molecular weight is 307 g/mol. The molecule has 124 valence electrons. The molecule has 0 spiro atoms. The fourth-order valence-corrected chi connectivity index (χ4v) is 2.88. The molecule has 0 bridgehead atoms. The second-order valence-corrected chi connectivity index (χ2v) is 7.31. The molecule has 1 fully saturated rings. The van der Waals surface area contributed by atoms with Gasteiger partial charge >= 0.3 is 6.09 Å². The molecule has 1 aliphatic heterocycles. The van der Waals surface area contributed by atoms with Crippen LogP contribution in [0.1, 0.15) is 46.1 Å². The molecule has 2 rings (SSSR count). The van der Waals surface area contributed by atoms with E-state index in [1.54, 1.807) is 0 Å². The van der Waals surface area contributed by atoms with Crippen LogP contribution in [-0.4, -0.2) is 39.8 Å². The first kappa shape index (κ1) is 16.9. The summed E-state index contributed by atoms with van der Waals surface area (Å²) in [6, 6.07) is 2.79. The number of nitrogens with one attached hydrogen (secondary N) is 1. The standard InChI is InChI=1S/C17H29N3O2/c1-13-10-15(18-11-14-6-8-19(5)12-14)7-9-20(13)16(21)22-17(2,3)4/h6,8,12-13,15,18H,7,9-11H2,1-5H3. The molecule has 1 amide bonds. The zero-order valence-corrected chi connectivity index (χ0v) is 14.4. The van der Waals surface area contributed by atoms with Gasteiger partial charge in [-0.15, -0.1) is 0 Å². The number of rotatable bonds is 3. The molecule has 2 heterocycles. The summed E-state index contributed by atoms with van der Waals surface area (Å²) >= 11 is 0. The van der Waals surface area contributed by atoms with Crippen LogP contribution in [0.4, 0.5) is 4.79 Å². The van der Waals surface area contributed by atoms with E-state index in [4.69, 9.17) is 4.74 Å². The van der Waals surface area contributed by atoms with E-state index in [0.717, 1.165) is 25.9 Å². The van der Waals surface area contributed by atoms with Crippen molar-refractivity contribution in [2.75, 3.05) is 6.54 Å². The van der Waals surface area contributed by atoms with Gasteiger partial charge in [0.1, 0.15) is 5.60 Å². The predicted octanol–water partition coefficient (Wildman–Crippen LogP) is 2.90. The molecule has 1 saturated heterocycles. The van der Waals surface area contributed by atoms with E-state index in [9.17, 15) is 4.79 Å². The van der Waals surface area contributed by atoms with Crippen molar-refractivity contribution in [3.8, 4) is 0 Å². The van der Waals surface area contributed by atoms with Crippen LogP contribution in [0.2, 0.25) is 0 Å². The first-order valence-corrected chi connectivity index (χ1v) is 8.08. The molecular weight excluding hydrogens is 278 g/mol. The Morgan fingerprint density at radius 2 is 2.18 bits per heavy atom. The van der Waals surface area contributed by atoms with Gasteiger partial charge in [0, 0.05) is 44.6 Å². The van der Waals surface area contributed by atoms with E-state index in [1.165, 1.54) is 5.56 Å². The lowest BCUT2D eigenvalue weighted by Crippen LogP contribution is -2.50. The number of ether oxygens (including phenoxy) is 1. The van der Waals surface area contributed by atoms with Gasteiger partial charge in [0.05, 0.1) is 0 Å². The van der Waals surface area contributed by atoms with Gasteiger partial charge in [-0.3, -0.25) is 0 Å². The molecule has 0 saturated carbocycles. The van der Waals surface area contributed by atoms with E-state index >= 15 is 0 Å². The monoisotopic (exact) mass is 307 g/mol. The fourth-order valence-electron chi connectivity index (χ4n) is 2.88. The first-order valence-electron chi connectivity index (χ1n) is 8.08. The Balaban J connectivity index is 1.80. The number of aryl methyl sites for hydroxylation is 1. The highest BCUT2D eigenvalue weighted by molar-refractivity contribution is 5.68. The van der Waals surface area contributed by atoms with Crippen molar-refractivity contribution in [2.24, 2.45) is 7.05 Å². The number of hydrogen-bond donors (Lipinski definition) is 1. The van der Waals surface area contributed by atoms with E-state index in [1.807, 2.05) is 32.7 Å². The molecule has 22 heavy (non-hydrogen) atoms. The first-order chi connectivity index (χ1) is 10.2. The van der Waals surface area contributed by atoms with Crippen molar-refractivity contribution >= 4 is 6.09 Å². The zero-order chi connectivity index (χ0) is 16.3. The third-order valence-electron chi connectivity index (χ3n) is 3.99. The Morgan fingerprint density at radius 1 is 1.45 bits per heavy atom. The number of hydrogen-bond acceptors (Lipinski definition) is 3. The molecule has 2 atom stereocenters. The van der Waals surface area contributed by atoms with Crippen LogP contribution in [-0.2, 0) is 18.3 Å². The third-order valence-corrected chi connectivity index (χ3v) is 3.99. The van der Waals surface area contributed by atoms with Gasteiger partial charge in [-0.05, 0) is 52.2 Å². The molecule has 5 heteroatoms. The third kappa shape index (κ3) is 4.77. The van der Waals surface area contributed by atoms with Crippen molar-refractivity contribution in [3.63, 3.8) is 0 Å². The van der Waals surface area contributed by atoms with Crippen LogP contribution >= 0.6 is 0 Å². The highest BCUT2D eigenvalue weighted by atomic mass is 16.6. The van der Waals surface area contributed by atoms with E-state index in [-0.39, 0.29) is 12.1 Å². The van der Waals surface area contributed by atoms with Gasteiger partial charge in [0.2, 0.25) is 0 Å². The van der Waals surface area contributed by atoms with Crippen LogP contribution in [0.3, 0.4) is 0 Å². The van der Waals surface area contributed by atoms with E-state index < -0.39 is 5.60 Å². The van der Waals surface area contributed by atoms with Crippen molar-refractivity contribution in [3.05, 3.63) is 24.0 Å². The minimum Gasteiger partial charge on any atom is -0.444 e. The van der Waals surface area contributed by atoms with Crippen molar-refractivity contribution in [2.45, 2.75) is 64.8 Å². The van der Waals surface area contributed by atoms with Crippen LogP contribution < -0.4 is 5.32 Å². The fraction of sp³-hybridized carbons (Fsp3) is 0.706. The summed E-state index contributed by atoms with van der Waals surface area (Å²) in [4.78, 5) is 14.0. The van der Waals surface area contributed by atoms with Crippen LogP contribution in [0.5, 0.6) is 0 Å². The molecule has 1 aromatic rings. The minimum absolute atomic E-state index is 0.193. The number of amides is 1. The topological polar surface area (TPSA) is 46.5 Å². The van der Waals surface area contributed by atoms with Crippen LogP contribution in [0.15, 0.2) is 18.5 Å². The summed E-state index contributed by atoms with van der Waals surface area (Å²) in [7, 11) is 2.03. The summed E-state index contributed by atoms with van der Waals surface area (Å²) in [6.45, 7) is 9.45. The molecule has 1 aliphatic rings. The normalized spacial score (nSPS) is 22.7. The highest BCUT2D eigenvalue weighted by Crippen LogP contribution is 2.21. The Morgan fingerprint density at radius 3 is 2.73 bits per heavy atom. The van der Waals surface area contributed by atoms with Crippen LogP contribution in [0.25, 0.3) is 0 Å². The number of likely N-dealkylation sites (tertiary alicyclic amines) is 1. The molecular formula is C17H29N3O2. The summed E-state index contributed by atoms with van der Waals surface area (Å²) < 4.78 is 7.54. The number of nitrogens with zero attached hydrogens (tertiary/aromatic N) is 2. The zero-order valence-electron chi connectivity index (χ0n) is 14.4. The maximum absolute atomic E-state index is 12.2. The largest absolute Gasteiger partial charge is 0.444 e. The summed E-state index contributed by atoms with van der Waals surface area (Å²) in [5, 5.41) is 3.60. The Labute approximate surface area is 133 Å². The van der Waals surface area contributed by atoms with Gasteiger partial charge in [0.25, 0.3) is 0 Å². The van der Waals surface area contributed by atoms with E-state index in [2.05, 4.69) is 35.3 Å². The highest BCUT2D eigenvalue weighted by Gasteiger charge is 2.31. The minimum atomic E-state index is -0.431. The Kier molecular flexibility index (Phi) is 5.16. The van der Waals surface area contributed by atoms with Gasteiger partial charge in [-0.25, -0.2) is 4.79 Å². The molecule has 1 N–H and O–H groups in total. The molecule has 1 aromatic heterocycles. The number of piperidine rings is 1. The van der Waals surface area contributed by atoms with Gasteiger partial charge in [-0.1, -0.05) is 0 Å². The summed E-state index contributed by atoms with van der Waals surface area (Å²) in [5.74, 6) is 0. The smallest absolute Gasteiger partial charge is 0.410 e. The Bertz CT molecular complexity index is 504. The predicted molar refractivity (Wildman–Crippen MR) is 87.7 cm³/mol. The molecule has 2 unspecified atom stereocenters. The maximum atomic E-state index is 12.2. The van der Waals surface area contributed by atoms with Crippen molar-refractivity contribution in [1.82, 2.24) is 14.8 Å². The average Bonchev–Trinajstić information content (AvgIpc) is 2.80. The SMILES string of the molecule is CC1CC(NCc2ccn(C)c2)CCN1C(=O)OC(C)(C)C. The number of carbonyl (C=O) groups excluding carboxylic acids is 1. The summed E-state index contributed by atoms with van der Waals surface area (Å²) in [5.41, 5.74) is 0.865. The Hall–Kier alpha value is -1.49. The van der Waals surface area contributed by atoms with Gasteiger partial charge < -0.3 is 19.5 Å². The lowest BCUT2D eigenvalue weighted by molar-refractivity contribution is 0.00932. The molecule has 0 radical (unpaired) electrons.